The van der Waals surface area contributed by atoms with Crippen LogP contribution in [0.2, 0.25) is 0 Å². The average molecular weight is 308 g/mol. The summed E-state index contributed by atoms with van der Waals surface area (Å²) in [7, 11) is 2.18. The molecular weight excluding hydrogens is 282 g/mol. The zero-order valence-corrected chi connectivity index (χ0v) is 13.0. The van der Waals surface area contributed by atoms with Crippen molar-refractivity contribution < 1.29 is 9.47 Å². The first-order chi connectivity index (χ1) is 8.08. The lowest BCUT2D eigenvalue weighted by atomic mass is 9.82. The van der Waals surface area contributed by atoms with E-state index in [4.69, 9.17) is 9.47 Å². The van der Waals surface area contributed by atoms with Gasteiger partial charge >= 0.3 is 0 Å². The number of hydrogen-bond donors (Lipinski definition) is 0. The smallest absolute Gasteiger partial charge is 0.0596 e. The molecule has 0 atom stereocenters. The molecule has 0 unspecified atom stereocenters. The van der Waals surface area contributed by atoms with Gasteiger partial charge in [-0.25, -0.2) is 0 Å². The molecule has 0 amide bonds. The van der Waals surface area contributed by atoms with Crippen LogP contribution in [0.1, 0.15) is 26.7 Å². The minimum Gasteiger partial charge on any atom is -0.381 e. The number of alkyl halides is 1. The Morgan fingerprint density at radius 3 is 2.53 bits per heavy atom. The number of hydrogen-bond acceptors (Lipinski definition) is 3. The largest absolute Gasteiger partial charge is 0.381 e. The fourth-order valence-electron chi connectivity index (χ4n) is 2.23. The van der Waals surface area contributed by atoms with Crippen LogP contribution < -0.4 is 0 Å². The van der Waals surface area contributed by atoms with Gasteiger partial charge in [0.15, 0.2) is 0 Å². The first-order valence-electron chi connectivity index (χ1n) is 6.52. The molecule has 1 heterocycles. The third kappa shape index (κ3) is 5.69. The fraction of sp³-hybridized carbons (Fsp3) is 1.00. The van der Waals surface area contributed by atoms with Crippen LogP contribution in [0.3, 0.4) is 0 Å². The van der Waals surface area contributed by atoms with E-state index in [1.54, 1.807) is 0 Å². The van der Waals surface area contributed by atoms with Crippen LogP contribution in [0.5, 0.6) is 0 Å². The molecule has 0 aromatic rings. The van der Waals surface area contributed by atoms with Crippen LogP contribution in [-0.2, 0) is 9.47 Å². The number of rotatable bonds is 7. The van der Waals surface area contributed by atoms with E-state index in [1.807, 2.05) is 0 Å². The molecule has 102 valence electrons. The lowest BCUT2D eigenvalue weighted by molar-refractivity contribution is 0.00420. The summed E-state index contributed by atoms with van der Waals surface area (Å²) >= 11 is 3.67. The topological polar surface area (TPSA) is 21.7 Å². The fourth-order valence-corrected chi connectivity index (χ4v) is 2.97. The van der Waals surface area contributed by atoms with E-state index in [0.717, 1.165) is 51.1 Å². The van der Waals surface area contributed by atoms with Gasteiger partial charge in [0.25, 0.3) is 0 Å². The van der Waals surface area contributed by atoms with Gasteiger partial charge in [-0.3, -0.25) is 0 Å². The maximum absolute atomic E-state index is 5.59. The highest BCUT2D eigenvalue weighted by atomic mass is 79.9. The van der Waals surface area contributed by atoms with Crippen LogP contribution in [0.4, 0.5) is 0 Å². The van der Waals surface area contributed by atoms with Gasteiger partial charge in [-0.05, 0) is 39.2 Å². The molecule has 0 saturated carbocycles. The lowest BCUT2D eigenvalue weighted by Crippen LogP contribution is -2.42. The molecule has 4 heteroatoms. The van der Waals surface area contributed by atoms with Gasteiger partial charge in [0.1, 0.15) is 0 Å². The van der Waals surface area contributed by atoms with E-state index in [2.05, 4.69) is 41.7 Å². The second kappa shape index (κ2) is 7.72. The normalized spacial score (nSPS) is 20.1. The highest BCUT2D eigenvalue weighted by Crippen LogP contribution is 2.33. The van der Waals surface area contributed by atoms with E-state index in [9.17, 15) is 0 Å². The van der Waals surface area contributed by atoms with Crippen molar-refractivity contribution in [2.75, 3.05) is 45.3 Å². The number of ether oxygens (including phenoxy) is 2. The Bertz CT molecular complexity index is 206. The lowest BCUT2D eigenvalue weighted by Gasteiger charge is -2.38. The minimum absolute atomic E-state index is 0.330. The molecule has 1 saturated heterocycles. The van der Waals surface area contributed by atoms with E-state index in [0.29, 0.717) is 11.5 Å². The molecule has 0 aromatic heterocycles. The van der Waals surface area contributed by atoms with Crippen molar-refractivity contribution in [2.45, 2.75) is 32.8 Å². The predicted octanol–water partition coefficient (Wildman–Crippen LogP) is 2.53. The zero-order valence-electron chi connectivity index (χ0n) is 11.4. The van der Waals surface area contributed by atoms with Crippen molar-refractivity contribution in [3.63, 3.8) is 0 Å². The number of likely N-dealkylation sites (N-methyl/N-ethyl adjacent to an activating group) is 1. The molecule has 0 aliphatic carbocycles. The summed E-state index contributed by atoms with van der Waals surface area (Å²) in [5.41, 5.74) is 0.394. The molecule has 0 N–H and O–H groups in total. The monoisotopic (exact) mass is 307 g/mol. The van der Waals surface area contributed by atoms with Crippen LogP contribution in [-0.4, -0.2) is 56.3 Å². The molecule has 1 rings (SSSR count). The Labute approximate surface area is 114 Å². The second-order valence-electron chi connectivity index (χ2n) is 5.40. The zero-order chi connectivity index (χ0) is 12.7. The molecular formula is C13H26BrNO2. The van der Waals surface area contributed by atoms with Crippen LogP contribution in [0, 0.1) is 5.41 Å². The van der Waals surface area contributed by atoms with Crippen LogP contribution >= 0.6 is 15.9 Å². The average Bonchev–Trinajstić information content (AvgIpc) is 2.29. The summed E-state index contributed by atoms with van der Waals surface area (Å²) in [4.78, 5) is 2.38. The molecule has 1 aliphatic rings. The van der Waals surface area contributed by atoms with Gasteiger partial charge in [0.05, 0.1) is 12.7 Å². The Balaban J connectivity index is 2.29. The van der Waals surface area contributed by atoms with Gasteiger partial charge in [-0.15, -0.1) is 0 Å². The second-order valence-corrected chi connectivity index (χ2v) is 5.96. The van der Waals surface area contributed by atoms with Gasteiger partial charge < -0.3 is 14.4 Å². The maximum Gasteiger partial charge on any atom is 0.0596 e. The van der Waals surface area contributed by atoms with Crippen molar-refractivity contribution in [2.24, 2.45) is 5.41 Å². The molecule has 1 fully saturated rings. The SMILES string of the molecule is CC(C)OCCN(C)CC1(CBr)CCOCC1. The van der Waals surface area contributed by atoms with Crippen molar-refractivity contribution in [3.8, 4) is 0 Å². The summed E-state index contributed by atoms with van der Waals surface area (Å²) in [6, 6.07) is 0. The maximum atomic E-state index is 5.59. The third-order valence-electron chi connectivity index (χ3n) is 3.37. The number of nitrogens with zero attached hydrogens (tertiary/aromatic N) is 1. The molecule has 3 nitrogen and oxygen atoms in total. The van der Waals surface area contributed by atoms with E-state index < -0.39 is 0 Å². The summed E-state index contributed by atoms with van der Waals surface area (Å²) in [6.45, 7) is 8.93. The Hall–Kier alpha value is 0.360. The highest BCUT2D eigenvalue weighted by Gasteiger charge is 2.32. The third-order valence-corrected chi connectivity index (χ3v) is 4.56. The van der Waals surface area contributed by atoms with E-state index in [-0.39, 0.29) is 0 Å². The Morgan fingerprint density at radius 1 is 1.35 bits per heavy atom. The summed E-state index contributed by atoms with van der Waals surface area (Å²) in [5, 5.41) is 1.07. The van der Waals surface area contributed by atoms with E-state index in [1.165, 1.54) is 0 Å². The van der Waals surface area contributed by atoms with Crippen molar-refractivity contribution >= 4 is 15.9 Å². The standard InChI is InChI=1S/C13H26BrNO2/c1-12(2)17-9-6-15(3)11-13(10-14)4-7-16-8-5-13/h12H,4-11H2,1-3H3. The summed E-state index contributed by atoms with van der Waals surface area (Å²) in [5.74, 6) is 0. The summed E-state index contributed by atoms with van der Waals surface area (Å²) < 4.78 is 11.0. The van der Waals surface area contributed by atoms with E-state index >= 15 is 0 Å². The molecule has 1 aliphatic heterocycles. The molecule has 0 bridgehead atoms. The summed E-state index contributed by atoms with van der Waals surface area (Å²) in [6.07, 6.45) is 2.65. The molecule has 0 aromatic carbocycles. The van der Waals surface area contributed by atoms with Crippen molar-refractivity contribution in [1.29, 1.82) is 0 Å². The Kier molecular flexibility index (Phi) is 7.00. The quantitative estimate of drug-likeness (QED) is 0.675. The predicted molar refractivity (Wildman–Crippen MR) is 74.9 cm³/mol. The highest BCUT2D eigenvalue weighted by molar-refractivity contribution is 9.09. The van der Waals surface area contributed by atoms with Gasteiger partial charge in [0.2, 0.25) is 0 Å². The van der Waals surface area contributed by atoms with Gasteiger partial charge in [-0.1, -0.05) is 15.9 Å². The van der Waals surface area contributed by atoms with Crippen LogP contribution in [0.25, 0.3) is 0 Å². The molecule has 0 spiro atoms. The van der Waals surface area contributed by atoms with Gasteiger partial charge in [0, 0.05) is 31.6 Å². The first kappa shape index (κ1) is 15.4. The number of halogens is 1. The first-order valence-corrected chi connectivity index (χ1v) is 7.64. The molecule has 17 heavy (non-hydrogen) atoms. The van der Waals surface area contributed by atoms with Gasteiger partial charge in [-0.2, -0.15) is 0 Å². The van der Waals surface area contributed by atoms with Crippen LogP contribution in [0.15, 0.2) is 0 Å². The Morgan fingerprint density at radius 2 is 2.00 bits per heavy atom. The van der Waals surface area contributed by atoms with Crippen molar-refractivity contribution in [3.05, 3.63) is 0 Å². The van der Waals surface area contributed by atoms with Crippen molar-refractivity contribution in [1.82, 2.24) is 4.90 Å². The minimum atomic E-state index is 0.330. The molecule has 0 radical (unpaired) electrons.